The van der Waals surface area contributed by atoms with E-state index in [-0.39, 0.29) is 11.9 Å². The topological polar surface area (TPSA) is 41.1 Å². The van der Waals surface area contributed by atoms with Crippen molar-refractivity contribution in [2.24, 2.45) is 5.92 Å². The van der Waals surface area contributed by atoms with Gasteiger partial charge in [-0.25, -0.2) is 0 Å². The van der Waals surface area contributed by atoms with Crippen molar-refractivity contribution in [1.82, 2.24) is 5.32 Å². The van der Waals surface area contributed by atoms with E-state index in [9.17, 15) is 4.79 Å². The Morgan fingerprint density at radius 3 is 2.79 bits per heavy atom. The van der Waals surface area contributed by atoms with Gasteiger partial charge in [-0.15, -0.1) is 0 Å². The van der Waals surface area contributed by atoms with Crippen LogP contribution in [0.1, 0.15) is 37.7 Å². The number of para-hydroxylation sites is 1. The maximum atomic E-state index is 12.2. The minimum Gasteiger partial charge on any atom is -0.324 e. The zero-order valence-corrected chi connectivity index (χ0v) is 11.3. The Hall–Kier alpha value is -1.35. The highest BCUT2D eigenvalue weighted by molar-refractivity contribution is 5.96. The van der Waals surface area contributed by atoms with E-state index in [0.29, 0.717) is 0 Å². The van der Waals surface area contributed by atoms with Crippen LogP contribution in [0.4, 0.5) is 5.69 Å². The highest BCUT2D eigenvalue weighted by Gasteiger charge is 2.24. The van der Waals surface area contributed by atoms with Crippen molar-refractivity contribution in [2.75, 3.05) is 11.9 Å². The van der Waals surface area contributed by atoms with E-state index in [2.05, 4.69) is 16.7 Å². The number of nitrogens with one attached hydrogen (secondary N) is 2. The molecule has 1 aliphatic carbocycles. The standard InChI is InChI=1S/C16H22N2O/c19-16-15(17-11-12-5-1-2-6-12)10-9-13-7-3-4-8-14(13)18-16/h3-4,7-8,12,15,17H,1-2,5-6,9-11H2,(H,18,19). The summed E-state index contributed by atoms with van der Waals surface area (Å²) >= 11 is 0. The number of anilines is 1. The highest BCUT2D eigenvalue weighted by Crippen LogP contribution is 2.25. The van der Waals surface area contributed by atoms with E-state index in [4.69, 9.17) is 0 Å². The molecule has 19 heavy (non-hydrogen) atoms. The molecule has 0 spiro atoms. The number of carbonyl (C=O) groups is 1. The van der Waals surface area contributed by atoms with Gasteiger partial charge in [-0.3, -0.25) is 4.79 Å². The zero-order chi connectivity index (χ0) is 13.1. The number of hydrogen-bond acceptors (Lipinski definition) is 2. The molecule has 1 fully saturated rings. The molecular formula is C16H22N2O. The number of aryl methyl sites for hydroxylation is 1. The van der Waals surface area contributed by atoms with Crippen LogP contribution >= 0.6 is 0 Å². The third-order valence-electron chi connectivity index (χ3n) is 4.42. The van der Waals surface area contributed by atoms with Gasteiger partial charge in [0.05, 0.1) is 6.04 Å². The lowest BCUT2D eigenvalue weighted by Gasteiger charge is -2.18. The quantitative estimate of drug-likeness (QED) is 0.875. The maximum absolute atomic E-state index is 12.2. The zero-order valence-electron chi connectivity index (χ0n) is 11.3. The van der Waals surface area contributed by atoms with Crippen LogP contribution in [0.5, 0.6) is 0 Å². The monoisotopic (exact) mass is 258 g/mol. The Morgan fingerprint density at radius 2 is 1.95 bits per heavy atom. The predicted octanol–water partition coefficient (Wildman–Crippen LogP) is 2.72. The fraction of sp³-hybridized carbons (Fsp3) is 0.562. The van der Waals surface area contributed by atoms with E-state index in [1.807, 2.05) is 18.2 Å². The fourth-order valence-corrected chi connectivity index (χ4v) is 3.23. The van der Waals surface area contributed by atoms with Gasteiger partial charge in [-0.1, -0.05) is 31.0 Å². The summed E-state index contributed by atoms with van der Waals surface area (Å²) in [5.41, 5.74) is 2.23. The summed E-state index contributed by atoms with van der Waals surface area (Å²) in [4.78, 5) is 12.2. The molecule has 0 saturated heterocycles. The Balaban J connectivity index is 1.60. The molecule has 0 aromatic heterocycles. The molecule has 1 aromatic rings. The molecule has 2 aliphatic rings. The summed E-state index contributed by atoms with van der Waals surface area (Å²) < 4.78 is 0. The molecule has 1 saturated carbocycles. The molecule has 0 bridgehead atoms. The molecule has 3 rings (SSSR count). The second-order valence-corrected chi connectivity index (χ2v) is 5.80. The van der Waals surface area contributed by atoms with Crippen LogP contribution < -0.4 is 10.6 Å². The number of carbonyl (C=O) groups excluding carboxylic acids is 1. The van der Waals surface area contributed by atoms with Gasteiger partial charge in [0.25, 0.3) is 0 Å². The van der Waals surface area contributed by atoms with Crippen molar-refractivity contribution in [3.63, 3.8) is 0 Å². The second kappa shape index (κ2) is 5.74. The summed E-state index contributed by atoms with van der Waals surface area (Å²) in [6.07, 6.45) is 7.22. The molecular weight excluding hydrogens is 236 g/mol. The number of hydrogen-bond donors (Lipinski definition) is 2. The van der Waals surface area contributed by atoms with E-state index >= 15 is 0 Å². The molecule has 1 heterocycles. The van der Waals surface area contributed by atoms with Gasteiger partial charge < -0.3 is 10.6 Å². The van der Waals surface area contributed by atoms with Crippen molar-refractivity contribution in [3.05, 3.63) is 29.8 Å². The Kier molecular flexibility index (Phi) is 3.83. The second-order valence-electron chi connectivity index (χ2n) is 5.80. The summed E-state index contributed by atoms with van der Waals surface area (Å²) in [6.45, 7) is 0.994. The number of benzene rings is 1. The van der Waals surface area contributed by atoms with Crippen molar-refractivity contribution >= 4 is 11.6 Å². The Labute approximate surface area is 114 Å². The molecule has 0 radical (unpaired) electrons. The average molecular weight is 258 g/mol. The van der Waals surface area contributed by atoms with Gasteiger partial charge in [-0.05, 0) is 49.8 Å². The van der Waals surface area contributed by atoms with Gasteiger partial charge in [0.2, 0.25) is 5.91 Å². The van der Waals surface area contributed by atoms with Crippen LogP contribution in [0.15, 0.2) is 24.3 Å². The first-order chi connectivity index (χ1) is 9.33. The third kappa shape index (κ3) is 2.98. The molecule has 1 unspecified atom stereocenters. The van der Waals surface area contributed by atoms with Gasteiger partial charge in [0, 0.05) is 5.69 Å². The highest BCUT2D eigenvalue weighted by atomic mass is 16.2. The van der Waals surface area contributed by atoms with E-state index in [0.717, 1.165) is 31.0 Å². The van der Waals surface area contributed by atoms with Gasteiger partial charge in [0.15, 0.2) is 0 Å². The first kappa shape index (κ1) is 12.7. The molecule has 1 aliphatic heterocycles. The van der Waals surface area contributed by atoms with Crippen LogP contribution in [-0.4, -0.2) is 18.5 Å². The molecule has 1 aromatic carbocycles. The average Bonchev–Trinajstić information content (AvgIpc) is 2.88. The Bertz CT molecular complexity index is 452. The third-order valence-corrected chi connectivity index (χ3v) is 4.42. The van der Waals surface area contributed by atoms with Crippen molar-refractivity contribution in [3.8, 4) is 0 Å². The first-order valence-corrected chi connectivity index (χ1v) is 7.45. The molecule has 1 amide bonds. The van der Waals surface area contributed by atoms with Crippen molar-refractivity contribution in [1.29, 1.82) is 0 Å². The van der Waals surface area contributed by atoms with Crippen LogP contribution in [0.3, 0.4) is 0 Å². The van der Waals surface area contributed by atoms with E-state index in [1.165, 1.54) is 31.2 Å². The minimum atomic E-state index is -0.0343. The fourth-order valence-electron chi connectivity index (χ4n) is 3.23. The Morgan fingerprint density at radius 1 is 1.16 bits per heavy atom. The molecule has 1 atom stereocenters. The summed E-state index contributed by atoms with van der Waals surface area (Å²) in [5, 5.41) is 6.52. The number of amides is 1. The molecule has 2 N–H and O–H groups in total. The lowest BCUT2D eigenvalue weighted by Crippen LogP contribution is -2.41. The van der Waals surface area contributed by atoms with Gasteiger partial charge >= 0.3 is 0 Å². The predicted molar refractivity (Wildman–Crippen MR) is 77.1 cm³/mol. The lowest BCUT2D eigenvalue weighted by molar-refractivity contribution is -0.118. The van der Waals surface area contributed by atoms with E-state index < -0.39 is 0 Å². The molecule has 102 valence electrons. The van der Waals surface area contributed by atoms with Gasteiger partial charge in [0.1, 0.15) is 0 Å². The number of fused-ring (bicyclic) bond motifs is 1. The smallest absolute Gasteiger partial charge is 0.241 e. The van der Waals surface area contributed by atoms with Crippen LogP contribution in [0.25, 0.3) is 0 Å². The largest absolute Gasteiger partial charge is 0.324 e. The maximum Gasteiger partial charge on any atom is 0.241 e. The minimum absolute atomic E-state index is 0.0343. The molecule has 3 nitrogen and oxygen atoms in total. The summed E-state index contributed by atoms with van der Waals surface area (Å²) in [6, 6.07) is 8.08. The summed E-state index contributed by atoms with van der Waals surface area (Å²) in [5.74, 6) is 0.904. The lowest BCUT2D eigenvalue weighted by atomic mass is 10.0. The van der Waals surface area contributed by atoms with Gasteiger partial charge in [-0.2, -0.15) is 0 Å². The van der Waals surface area contributed by atoms with Crippen molar-refractivity contribution < 1.29 is 4.79 Å². The SMILES string of the molecule is O=C1Nc2ccccc2CCC1NCC1CCCC1. The van der Waals surface area contributed by atoms with Crippen LogP contribution in [0, 0.1) is 5.92 Å². The molecule has 3 heteroatoms. The normalized spacial score (nSPS) is 23.8. The van der Waals surface area contributed by atoms with Crippen LogP contribution in [-0.2, 0) is 11.2 Å². The first-order valence-electron chi connectivity index (χ1n) is 7.45. The summed E-state index contributed by atoms with van der Waals surface area (Å²) in [7, 11) is 0. The van der Waals surface area contributed by atoms with E-state index in [1.54, 1.807) is 0 Å². The number of rotatable bonds is 3. The van der Waals surface area contributed by atoms with Crippen LogP contribution in [0.2, 0.25) is 0 Å². The van der Waals surface area contributed by atoms with Crippen molar-refractivity contribution in [2.45, 2.75) is 44.6 Å².